The fourth-order valence-corrected chi connectivity index (χ4v) is 4.24. The van der Waals surface area contributed by atoms with Gasteiger partial charge in [0.15, 0.2) is 11.6 Å². The molecule has 1 fully saturated rings. The number of hydrogen-bond donors (Lipinski definition) is 1. The largest absolute Gasteiger partial charge is 0.487 e. The van der Waals surface area contributed by atoms with Crippen molar-refractivity contribution in [1.82, 2.24) is 19.9 Å². The summed E-state index contributed by atoms with van der Waals surface area (Å²) in [6.07, 6.45) is 0.292. The maximum absolute atomic E-state index is 12.6. The zero-order valence-electron chi connectivity index (χ0n) is 17.6. The number of carbonyl (C=O) groups excluding carboxylic acids is 1. The van der Waals surface area contributed by atoms with Crippen LogP contribution in [0.15, 0.2) is 12.4 Å². The van der Waals surface area contributed by atoms with Crippen LogP contribution in [0.25, 0.3) is 0 Å². The summed E-state index contributed by atoms with van der Waals surface area (Å²) in [5.74, 6) is 0.340. The van der Waals surface area contributed by atoms with Gasteiger partial charge in [-0.15, -0.1) is 0 Å². The molecule has 9 nitrogen and oxygen atoms in total. The van der Waals surface area contributed by atoms with Gasteiger partial charge >= 0.3 is 6.18 Å². The first kappa shape index (κ1) is 20.7. The second-order valence-corrected chi connectivity index (χ2v) is 8.34. The lowest BCUT2D eigenvalue weighted by atomic mass is 9.89. The first-order valence-corrected chi connectivity index (χ1v) is 10.5. The molecule has 12 heteroatoms. The van der Waals surface area contributed by atoms with Crippen LogP contribution in [0.2, 0.25) is 0 Å². The van der Waals surface area contributed by atoms with Gasteiger partial charge in [-0.1, -0.05) is 0 Å². The Bertz CT molecular complexity index is 1040. The molecule has 0 unspecified atom stereocenters. The third kappa shape index (κ3) is 3.56. The maximum atomic E-state index is 12.6. The first-order valence-electron chi connectivity index (χ1n) is 10.5. The molecule has 1 amide bonds. The van der Waals surface area contributed by atoms with Crippen LogP contribution in [-0.2, 0) is 17.4 Å². The van der Waals surface area contributed by atoms with Crippen LogP contribution >= 0.6 is 0 Å². The Balaban J connectivity index is 1.24. The molecule has 0 aromatic carbocycles. The second-order valence-electron chi connectivity index (χ2n) is 8.34. The van der Waals surface area contributed by atoms with Gasteiger partial charge in [-0.2, -0.15) is 18.2 Å². The summed E-state index contributed by atoms with van der Waals surface area (Å²) >= 11 is 0. The quantitative estimate of drug-likeness (QED) is 0.761. The summed E-state index contributed by atoms with van der Waals surface area (Å²) in [6, 6.07) is -0.211. The van der Waals surface area contributed by atoms with Gasteiger partial charge in [0, 0.05) is 32.5 Å². The summed E-state index contributed by atoms with van der Waals surface area (Å²) < 4.78 is 43.3. The average molecular weight is 449 g/mol. The smallest absolute Gasteiger partial charge is 0.451 e. The van der Waals surface area contributed by atoms with Gasteiger partial charge in [0.25, 0.3) is 0 Å². The van der Waals surface area contributed by atoms with E-state index in [-0.39, 0.29) is 29.8 Å². The molecule has 4 heterocycles. The molecule has 1 N–H and O–H groups in total. The minimum absolute atomic E-state index is 0.0662. The highest BCUT2D eigenvalue weighted by molar-refractivity contribution is 6.05. The molecule has 2 aromatic rings. The number of hydrogen-bond acceptors (Lipinski definition) is 8. The van der Waals surface area contributed by atoms with Gasteiger partial charge in [-0.05, 0) is 19.8 Å². The van der Waals surface area contributed by atoms with Crippen LogP contribution in [0.1, 0.15) is 37.7 Å². The van der Waals surface area contributed by atoms with E-state index in [9.17, 15) is 18.0 Å². The lowest BCUT2D eigenvalue weighted by Crippen LogP contribution is -2.53. The van der Waals surface area contributed by atoms with Crippen LogP contribution in [0.5, 0.6) is 5.75 Å². The van der Waals surface area contributed by atoms with Crippen molar-refractivity contribution in [2.45, 2.75) is 57.0 Å². The van der Waals surface area contributed by atoms with E-state index in [1.807, 2.05) is 18.9 Å². The van der Waals surface area contributed by atoms with Crippen LogP contribution in [-0.4, -0.2) is 57.6 Å². The number of rotatable bonds is 4. The number of nitrogens with one attached hydrogen (secondary N) is 1. The molecule has 0 spiro atoms. The van der Waals surface area contributed by atoms with Gasteiger partial charge in [-0.25, -0.2) is 15.0 Å². The zero-order valence-corrected chi connectivity index (χ0v) is 17.6. The second kappa shape index (κ2) is 7.45. The highest BCUT2D eigenvalue weighted by Gasteiger charge is 2.40. The number of likely N-dealkylation sites (N-methyl/N-ethyl adjacent to an activating group) is 1. The Hall–Kier alpha value is -3.18. The summed E-state index contributed by atoms with van der Waals surface area (Å²) in [6.45, 7) is 2.55. The van der Waals surface area contributed by atoms with Crippen molar-refractivity contribution in [3.05, 3.63) is 23.9 Å². The zero-order chi connectivity index (χ0) is 22.6. The SMILES string of the molecule is C[C@H]1C(=O)N2CCCc3nc(NC4CC(Oc5cnc(C(F)(F)F)nc5)C4)nc(c32)N1C. The molecule has 5 rings (SSSR count). The molecule has 0 radical (unpaired) electrons. The normalized spacial score (nSPS) is 24.7. The summed E-state index contributed by atoms with van der Waals surface area (Å²) in [4.78, 5) is 32.2. The lowest BCUT2D eigenvalue weighted by molar-refractivity contribution is -0.145. The molecule has 1 atom stereocenters. The molecule has 0 bridgehead atoms. The molecule has 0 saturated heterocycles. The number of anilines is 3. The van der Waals surface area contributed by atoms with Gasteiger partial charge in [0.1, 0.15) is 17.8 Å². The highest BCUT2D eigenvalue weighted by atomic mass is 19.4. The van der Waals surface area contributed by atoms with E-state index in [2.05, 4.69) is 25.3 Å². The van der Waals surface area contributed by atoms with Gasteiger partial charge in [0.05, 0.1) is 18.1 Å². The number of ether oxygens (including phenoxy) is 1. The number of alkyl halides is 3. The molecule has 2 aromatic heterocycles. The van der Waals surface area contributed by atoms with Crippen molar-refractivity contribution in [1.29, 1.82) is 0 Å². The Kier molecular flexibility index (Phi) is 4.82. The molecule has 1 aliphatic carbocycles. The highest BCUT2D eigenvalue weighted by Crippen LogP contribution is 2.40. The molecule has 32 heavy (non-hydrogen) atoms. The van der Waals surface area contributed by atoms with Crippen LogP contribution in [0, 0.1) is 0 Å². The van der Waals surface area contributed by atoms with Gasteiger partial charge in [-0.3, -0.25) is 4.79 Å². The Morgan fingerprint density at radius 1 is 1.19 bits per heavy atom. The average Bonchev–Trinajstić information content (AvgIpc) is 2.74. The van der Waals surface area contributed by atoms with E-state index in [1.165, 1.54) is 0 Å². The Morgan fingerprint density at radius 3 is 2.59 bits per heavy atom. The number of aromatic nitrogens is 4. The number of aryl methyl sites for hydroxylation is 1. The topological polar surface area (TPSA) is 96.4 Å². The number of nitrogens with zero attached hydrogens (tertiary/aromatic N) is 6. The third-order valence-corrected chi connectivity index (χ3v) is 6.15. The Morgan fingerprint density at radius 2 is 1.91 bits per heavy atom. The lowest BCUT2D eigenvalue weighted by Gasteiger charge is -2.42. The number of amides is 1. The van der Waals surface area contributed by atoms with E-state index >= 15 is 0 Å². The molecule has 2 aliphatic heterocycles. The van der Waals surface area contributed by atoms with E-state index < -0.39 is 12.0 Å². The summed E-state index contributed by atoms with van der Waals surface area (Å²) in [7, 11) is 1.86. The van der Waals surface area contributed by atoms with Crippen LogP contribution < -0.4 is 19.9 Å². The van der Waals surface area contributed by atoms with Crippen molar-refractivity contribution < 1.29 is 22.7 Å². The molecular formula is C20H22F3N7O2. The van der Waals surface area contributed by atoms with Crippen molar-refractivity contribution >= 4 is 23.4 Å². The fourth-order valence-electron chi connectivity index (χ4n) is 4.24. The standard InChI is InChI=1S/C20H22F3N7O2/c1-10-17(31)30-5-3-4-14-15(30)16(29(10)2)28-19(27-14)26-11-6-12(7-11)32-13-8-24-18(25-9-13)20(21,22)23/h8-12H,3-7H2,1-2H3,(H,26,27,28)/t10-,11?,12?/m0/s1. The summed E-state index contributed by atoms with van der Waals surface area (Å²) in [5.41, 5.74) is 1.68. The predicted molar refractivity (Wildman–Crippen MR) is 109 cm³/mol. The van der Waals surface area contributed by atoms with Crippen molar-refractivity contribution in [2.24, 2.45) is 0 Å². The maximum Gasteiger partial charge on any atom is 0.451 e. The number of carbonyl (C=O) groups is 1. The van der Waals surface area contributed by atoms with Gasteiger partial charge in [0.2, 0.25) is 17.7 Å². The van der Waals surface area contributed by atoms with Crippen molar-refractivity contribution in [2.75, 3.05) is 28.7 Å². The first-order chi connectivity index (χ1) is 15.2. The minimum Gasteiger partial charge on any atom is -0.487 e. The van der Waals surface area contributed by atoms with E-state index in [1.54, 1.807) is 4.90 Å². The fraction of sp³-hybridized carbons (Fsp3) is 0.550. The molecule has 170 valence electrons. The molecule has 3 aliphatic rings. The van der Waals surface area contributed by atoms with Crippen molar-refractivity contribution in [3.8, 4) is 5.75 Å². The molecular weight excluding hydrogens is 427 g/mol. The third-order valence-electron chi connectivity index (χ3n) is 6.15. The van der Waals surface area contributed by atoms with Crippen LogP contribution in [0.3, 0.4) is 0 Å². The monoisotopic (exact) mass is 449 g/mol. The van der Waals surface area contributed by atoms with Crippen molar-refractivity contribution in [3.63, 3.8) is 0 Å². The number of halogens is 3. The Labute approximate surface area is 182 Å². The predicted octanol–water partition coefficient (Wildman–Crippen LogP) is 2.42. The summed E-state index contributed by atoms with van der Waals surface area (Å²) in [5, 5.41) is 3.32. The molecule has 1 saturated carbocycles. The van der Waals surface area contributed by atoms with Crippen LogP contribution in [0.4, 0.5) is 30.6 Å². The minimum atomic E-state index is -4.58. The van der Waals surface area contributed by atoms with E-state index in [0.717, 1.165) is 42.4 Å². The van der Waals surface area contributed by atoms with E-state index in [4.69, 9.17) is 4.74 Å². The van der Waals surface area contributed by atoms with E-state index in [0.29, 0.717) is 25.3 Å². The van der Waals surface area contributed by atoms with Gasteiger partial charge < -0.3 is 19.9 Å².